The molecule has 0 radical (unpaired) electrons. The SMILES string of the molecule is CN=C(NCC(C(C)C)N1CCN(C)CC1)NC1CCN(C(=O)C(C)C)C1. The number of piperazine rings is 1. The number of rotatable bonds is 6. The molecular formula is C20H40N6O. The number of amides is 1. The molecule has 0 aromatic carbocycles. The molecule has 1 amide bonds. The maximum absolute atomic E-state index is 12.2. The highest BCUT2D eigenvalue weighted by atomic mass is 16.2. The maximum atomic E-state index is 12.2. The Hall–Kier alpha value is -1.34. The quantitative estimate of drug-likeness (QED) is 0.524. The molecule has 2 aliphatic rings. The number of hydrogen-bond donors (Lipinski definition) is 2. The Morgan fingerprint density at radius 2 is 1.78 bits per heavy atom. The number of nitrogens with one attached hydrogen (secondary N) is 2. The van der Waals surface area contributed by atoms with E-state index in [2.05, 4.69) is 46.3 Å². The minimum absolute atomic E-state index is 0.0663. The monoisotopic (exact) mass is 380 g/mol. The number of likely N-dealkylation sites (N-methyl/N-ethyl adjacent to an activating group) is 1. The summed E-state index contributed by atoms with van der Waals surface area (Å²) in [6.07, 6.45) is 0.977. The van der Waals surface area contributed by atoms with Crippen LogP contribution in [0.2, 0.25) is 0 Å². The van der Waals surface area contributed by atoms with E-state index in [1.807, 2.05) is 25.8 Å². The van der Waals surface area contributed by atoms with Gasteiger partial charge in [0.05, 0.1) is 0 Å². The first kappa shape index (κ1) is 22.0. The first-order valence-corrected chi connectivity index (χ1v) is 10.5. The van der Waals surface area contributed by atoms with Crippen LogP contribution < -0.4 is 10.6 Å². The van der Waals surface area contributed by atoms with Gasteiger partial charge >= 0.3 is 0 Å². The van der Waals surface area contributed by atoms with Gasteiger partial charge in [-0.05, 0) is 19.4 Å². The van der Waals surface area contributed by atoms with Crippen LogP contribution in [0.5, 0.6) is 0 Å². The van der Waals surface area contributed by atoms with Gasteiger partial charge in [-0.1, -0.05) is 27.7 Å². The molecule has 2 fully saturated rings. The lowest BCUT2D eigenvalue weighted by molar-refractivity contribution is -0.133. The van der Waals surface area contributed by atoms with Crippen molar-refractivity contribution in [3.8, 4) is 0 Å². The van der Waals surface area contributed by atoms with E-state index in [-0.39, 0.29) is 17.9 Å². The van der Waals surface area contributed by atoms with E-state index in [0.717, 1.165) is 58.2 Å². The number of guanidine groups is 1. The van der Waals surface area contributed by atoms with Crippen molar-refractivity contribution in [2.75, 3.05) is 59.9 Å². The standard InChI is InChI=1S/C20H40N6O/c1-15(2)18(25-11-9-24(6)10-12-25)13-22-20(21-5)23-17-7-8-26(14-17)19(27)16(3)4/h15-18H,7-14H2,1-6H3,(H2,21,22,23). The number of aliphatic imine (C=N–C) groups is 1. The average molecular weight is 381 g/mol. The Bertz CT molecular complexity index is 499. The average Bonchev–Trinajstić information content (AvgIpc) is 3.09. The zero-order chi connectivity index (χ0) is 20.0. The van der Waals surface area contributed by atoms with Gasteiger partial charge < -0.3 is 20.4 Å². The molecule has 0 bridgehead atoms. The predicted octanol–water partition coefficient (Wildman–Crippen LogP) is 0.680. The Morgan fingerprint density at radius 1 is 1.11 bits per heavy atom. The third-order valence-corrected chi connectivity index (χ3v) is 5.81. The highest BCUT2D eigenvalue weighted by Gasteiger charge is 2.29. The molecule has 2 heterocycles. The Balaban J connectivity index is 1.83. The summed E-state index contributed by atoms with van der Waals surface area (Å²) in [5.74, 6) is 1.75. The van der Waals surface area contributed by atoms with Gasteiger partial charge in [0, 0.05) is 70.9 Å². The van der Waals surface area contributed by atoms with E-state index >= 15 is 0 Å². The van der Waals surface area contributed by atoms with Gasteiger partial charge in [0.1, 0.15) is 0 Å². The first-order chi connectivity index (χ1) is 12.8. The van der Waals surface area contributed by atoms with Gasteiger partial charge in [0.2, 0.25) is 5.91 Å². The van der Waals surface area contributed by atoms with Gasteiger partial charge in [0.15, 0.2) is 5.96 Å². The summed E-state index contributed by atoms with van der Waals surface area (Å²) < 4.78 is 0. The third-order valence-electron chi connectivity index (χ3n) is 5.81. The minimum Gasteiger partial charge on any atom is -0.355 e. The Labute approximate surface area is 165 Å². The second-order valence-electron chi connectivity index (χ2n) is 8.67. The highest BCUT2D eigenvalue weighted by molar-refractivity contribution is 5.81. The fraction of sp³-hybridized carbons (Fsp3) is 0.900. The fourth-order valence-electron chi connectivity index (χ4n) is 3.97. The molecule has 2 aliphatic heterocycles. The molecule has 0 aromatic rings. The van der Waals surface area contributed by atoms with Crippen LogP contribution in [0, 0.1) is 11.8 Å². The maximum Gasteiger partial charge on any atom is 0.225 e. The predicted molar refractivity (Wildman–Crippen MR) is 112 cm³/mol. The number of hydrogen-bond acceptors (Lipinski definition) is 4. The molecule has 2 atom stereocenters. The topological polar surface area (TPSA) is 63.2 Å². The number of nitrogens with zero attached hydrogens (tertiary/aromatic N) is 4. The molecule has 156 valence electrons. The Morgan fingerprint density at radius 3 is 2.33 bits per heavy atom. The largest absolute Gasteiger partial charge is 0.355 e. The Kier molecular flexibility index (Phi) is 8.35. The van der Waals surface area contributed by atoms with Crippen molar-refractivity contribution in [1.82, 2.24) is 25.3 Å². The smallest absolute Gasteiger partial charge is 0.225 e. The van der Waals surface area contributed by atoms with Crippen molar-refractivity contribution >= 4 is 11.9 Å². The molecule has 0 spiro atoms. The van der Waals surface area contributed by atoms with E-state index in [1.54, 1.807) is 0 Å². The molecule has 0 saturated carbocycles. The summed E-state index contributed by atoms with van der Waals surface area (Å²) in [5.41, 5.74) is 0. The van der Waals surface area contributed by atoms with Gasteiger partial charge in [-0.25, -0.2) is 0 Å². The van der Waals surface area contributed by atoms with Crippen LogP contribution in [-0.2, 0) is 4.79 Å². The lowest BCUT2D eigenvalue weighted by atomic mass is 10.0. The summed E-state index contributed by atoms with van der Waals surface area (Å²) in [7, 11) is 4.02. The molecule has 0 aliphatic carbocycles. The van der Waals surface area contributed by atoms with Gasteiger partial charge in [-0.15, -0.1) is 0 Å². The molecule has 2 N–H and O–H groups in total. The van der Waals surface area contributed by atoms with Crippen LogP contribution in [0.1, 0.15) is 34.1 Å². The van der Waals surface area contributed by atoms with Gasteiger partial charge in [-0.2, -0.15) is 0 Å². The fourth-order valence-corrected chi connectivity index (χ4v) is 3.97. The van der Waals surface area contributed by atoms with Crippen molar-refractivity contribution in [3.63, 3.8) is 0 Å². The lowest BCUT2D eigenvalue weighted by Gasteiger charge is -2.40. The summed E-state index contributed by atoms with van der Waals surface area (Å²) in [6.45, 7) is 15.6. The lowest BCUT2D eigenvalue weighted by Crippen LogP contribution is -2.55. The van der Waals surface area contributed by atoms with E-state index in [0.29, 0.717) is 12.0 Å². The van der Waals surface area contributed by atoms with E-state index in [4.69, 9.17) is 0 Å². The van der Waals surface area contributed by atoms with E-state index in [9.17, 15) is 4.79 Å². The molecule has 2 rings (SSSR count). The molecule has 2 unspecified atom stereocenters. The highest BCUT2D eigenvalue weighted by Crippen LogP contribution is 2.14. The second-order valence-corrected chi connectivity index (χ2v) is 8.67. The molecule has 7 nitrogen and oxygen atoms in total. The molecule has 7 heteroatoms. The zero-order valence-electron chi connectivity index (χ0n) is 18.2. The van der Waals surface area contributed by atoms with Crippen LogP contribution in [0.15, 0.2) is 4.99 Å². The van der Waals surface area contributed by atoms with E-state index < -0.39 is 0 Å². The number of likely N-dealkylation sites (tertiary alicyclic amines) is 1. The summed E-state index contributed by atoms with van der Waals surface area (Å²) in [5, 5.41) is 7.05. The minimum atomic E-state index is 0.0663. The van der Waals surface area contributed by atoms with E-state index in [1.165, 1.54) is 0 Å². The number of carbonyl (C=O) groups is 1. The summed E-state index contributed by atoms with van der Waals surface area (Å²) >= 11 is 0. The molecule has 0 aromatic heterocycles. The number of carbonyl (C=O) groups excluding carboxylic acids is 1. The van der Waals surface area contributed by atoms with Crippen molar-refractivity contribution in [3.05, 3.63) is 0 Å². The normalized spacial score (nSPS) is 23.9. The summed E-state index contributed by atoms with van der Waals surface area (Å²) in [4.78, 5) is 23.6. The molecule has 27 heavy (non-hydrogen) atoms. The van der Waals surface area contributed by atoms with Crippen LogP contribution in [0.3, 0.4) is 0 Å². The van der Waals surface area contributed by atoms with Crippen LogP contribution in [0.25, 0.3) is 0 Å². The molecule has 2 saturated heterocycles. The van der Waals surface area contributed by atoms with Crippen molar-refractivity contribution in [1.29, 1.82) is 0 Å². The van der Waals surface area contributed by atoms with Crippen LogP contribution in [-0.4, -0.2) is 98.6 Å². The molecular weight excluding hydrogens is 340 g/mol. The summed E-state index contributed by atoms with van der Waals surface area (Å²) in [6, 6.07) is 0.778. The van der Waals surface area contributed by atoms with Crippen molar-refractivity contribution in [2.45, 2.75) is 46.2 Å². The van der Waals surface area contributed by atoms with Crippen molar-refractivity contribution in [2.24, 2.45) is 16.8 Å². The second kappa shape index (κ2) is 10.3. The van der Waals surface area contributed by atoms with Gasteiger partial charge in [-0.3, -0.25) is 14.7 Å². The third kappa shape index (κ3) is 6.35. The van der Waals surface area contributed by atoms with Gasteiger partial charge in [0.25, 0.3) is 0 Å². The first-order valence-electron chi connectivity index (χ1n) is 10.5. The van der Waals surface area contributed by atoms with Crippen LogP contribution in [0.4, 0.5) is 0 Å². The zero-order valence-corrected chi connectivity index (χ0v) is 18.2. The van der Waals surface area contributed by atoms with Crippen LogP contribution >= 0.6 is 0 Å². The van der Waals surface area contributed by atoms with Crippen molar-refractivity contribution < 1.29 is 4.79 Å².